The van der Waals surface area contributed by atoms with Crippen molar-refractivity contribution in [2.24, 2.45) is 0 Å². The molecule has 0 aliphatic heterocycles. The van der Waals surface area contributed by atoms with Gasteiger partial charge in [-0.05, 0) is 49.2 Å². The van der Waals surface area contributed by atoms with Crippen LogP contribution in [0.25, 0.3) is 10.2 Å². The Morgan fingerprint density at radius 2 is 1.97 bits per heavy atom. The average Bonchev–Trinajstić information content (AvgIpc) is 3.48. The van der Waals surface area contributed by atoms with Gasteiger partial charge in [-0.25, -0.2) is 14.2 Å². The van der Waals surface area contributed by atoms with Gasteiger partial charge in [0.15, 0.2) is 0 Å². The Bertz CT molecular complexity index is 1320. The summed E-state index contributed by atoms with van der Waals surface area (Å²) in [6.07, 6.45) is -0.151. The zero-order valence-corrected chi connectivity index (χ0v) is 20.6. The topological polar surface area (TPSA) is 71.5 Å². The molecular weight excluding hydrogens is 473 g/mol. The van der Waals surface area contributed by atoms with Gasteiger partial charge in [-0.3, -0.25) is 9.69 Å². The molecule has 176 valence electrons. The number of hydrogen-bond donors (Lipinski definition) is 1. The number of carbonyl (C=O) groups is 2. The van der Waals surface area contributed by atoms with E-state index in [2.05, 4.69) is 28.6 Å². The highest BCUT2D eigenvalue weighted by molar-refractivity contribution is 7.21. The maximum atomic E-state index is 14.0. The molecule has 1 amide bonds. The number of hydrogen-bond acceptors (Lipinski definition) is 7. The number of benzene rings is 1. The third-order valence-corrected chi connectivity index (χ3v) is 7.71. The summed E-state index contributed by atoms with van der Waals surface area (Å²) in [4.78, 5) is 34.2. The van der Waals surface area contributed by atoms with Crippen molar-refractivity contribution in [3.05, 3.63) is 80.7 Å². The molecule has 1 unspecified atom stereocenters. The third kappa shape index (κ3) is 5.16. The Morgan fingerprint density at radius 3 is 2.68 bits per heavy atom. The molecule has 0 saturated carbocycles. The van der Waals surface area contributed by atoms with Crippen LogP contribution in [-0.2, 0) is 22.5 Å². The third-order valence-electron chi connectivity index (χ3n) is 5.58. The largest absolute Gasteiger partial charge is 0.465 e. The van der Waals surface area contributed by atoms with Crippen LogP contribution in [0.1, 0.15) is 38.8 Å². The normalized spacial score (nSPS) is 12.1. The summed E-state index contributed by atoms with van der Waals surface area (Å²) >= 11 is 2.88. The van der Waals surface area contributed by atoms with Crippen molar-refractivity contribution in [3.63, 3.8) is 0 Å². The SMILES string of the molecule is COC(=O)c1sc2nc(CN(C)C(C)c3cccs3)ccc2c1NC(=O)Cc1ccccc1F. The second-order valence-corrected chi connectivity index (χ2v) is 9.85. The molecule has 0 saturated heterocycles. The highest BCUT2D eigenvalue weighted by Gasteiger charge is 2.23. The van der Waals surface area contributed by atoms with Crippen LogP contribution in [0, 0.1) is 5.82 Å². The van der Waals surface area contributed by atoms with Crippen LogP contribution < -0.4 is 5.32 Å². The second-order valence-electron chi connectivity index (χ2n) is 7.88. The van der Waals surface area contributed by atoms with Crippen molar-refractivity contribution in [1.82, 2.24) is 9.88 Å². The van der Waals surface area contributed by atoms with Crippen molar-refractivity contribution < 1.29 is 18.7 Å². The van der Waals surface area contributed by atoms with E-state index in [4.69, 9.17) is 9.72 Å². The fourth-order valence-corrected chi connectivity index (χ4v) is 5.52. The number of fused-ring (bicyclic) bond motifs is 1. The van der Waals surface area contributed by atoms with Gasteiger partial charge in [0, 0.05) is 22.8 Å². The van der Waals surface area contributed by atoms with E-state index in [1.165, 1.54) is 18.1 Å². The number of amides is 1. The van der Waals surface area contributed by atoms with Crippen LogP contribution in [0.5, 0.6) is 0 Å². The van der Waals surface area contributed by atoms with E-state index in [1.807, 2.05) is 25.2 Å². The first kappa shape index (κ1) is 24.0. The van der Waals surface area contributed by atoms with Crippen LogP contribution in [-0.4, -0.2) is 35.9 Å². The molecule has 0 aliphatic rings. The van der Waals surface area contributed by atoms with Crippen molar-refractivity contribution in [3.8, 4) is 0 Å². The molecular formula is C25H24FN3O3S2. The molecule has 0 bridgehead atoms. The summed E-state index contributed by atoms with van der Waals surface area (Å²) in [5.41, 5.74) is 1.47. The number of halogens is 1. The number of carbonyl (C=O) groups excluding carboxylic acids is 2. The molecule has 9 heteroatoms. The average molecular weight is 498 g/mol. The van der Waals surface area contributed by atoms with Crippen LogP contribution in [0.15, 0.2) is 53.9 Å². The molecule has 1 N–H and O–H groups in total. The zero-order chi connectivity index (χ0) is 24.2. The summed E-state index contributed by atoms with van der Waals surface area (Å²) < 4.78 is 18.9. The van der Waals surface area contributed by atoms with Gasteiger partial charge in [-0.15, -0.1) is 22.7 Å². The Kier molecular flexibility index (Phi) is 7.35. The standard InChI is InChI=1S/C25H24FN3O3S2/c1-15(20-9-6-12-33-20)29(2)14-17-10-11-18-22(23(25(31)32-3)34-24(18)27-17)28-21(30)13-16-7-4-5-8-19(16)26/h4-12,15H,13-14H2,1-3H3,(H,28,30). The van der Waals surface area contributed by atoms with E-state index in [0.29, 0.717) is 22.4 Å². The smallest absolute Gasteiger partial charge is 0.350 e. The number of anilines is 1. The molecule has 0 spiro atoms. The fourth-order valence-electron chi connectivity index (χ4n) is 3.60. The van der Waals surface area contributed by atoms with Crippen molar-refractivity contribution in [2.75, 3.05) is 19.5 Å². The van der Waals surface area contributed by atoms with Gasteiger partial charge in [-0.1, -0.05) is 24.3 Å². The number of nitrogens with one attached hydrogen (secondary N) is 1. The molecule has 4 aromatic rings. The monoisotopic (exact) mass is 497 g/mol. The highest BCUT2D eigenvalue weighted by atomic mass is 32.1. The number of ether oxygens (including phenoxy) is 1. The van der Waals surface area contributed by atoms with Crippen LogP contribution in [0.3, 0.4) is 0 Å². The van der Waals surface area contributed by atoms with Crippen LogP contribution in [0.2, 0.25) is 0 Å². The first-order valence-electron chi connectivity index (χ1n) is 10.6. The lowest BCUT2D eigenvalue weighted by Crippen LogP contribution is -2.21. The summed E-state index contributed by atoms with van der Waals surface area (Å²) in [5.74, 6) is -1.44. The fraction of sp³-hybridized carbons (Fsp3) is 0.240. The highest BCUT2D eigenvalue weighted by Crippen LogP contribution is 2.36. The number of thiophene rings is 2. The van der Waals surface area contributed by atoms with Crippen molar-refractivity contribution in [2.45, 2.75) is 25.9 Å². The van der Waals surface area contributed by atoms with Crippen molar-refractivity contribution in [1.29, 1.82) is 0 Å². The Labute approximate surface area is 205 Å². The van der Waals surface area contributed by atoms with Crippen LogP contribution >= 0.6 is 22.7 Å². The zero-order valence-electron chi connectivity index (χ0n) is 19.0. The summed E-state index contributed by atoms with van der Waals surface area (Å²) in [6.45, 7) is 2.77. The van der Waals surface area contributed by atoms with E-state index < -0.39 is 17.7 Å². The number of rotatable bonds is 8. The van der Waals surface area contributed by atoms with E-state index in [-0.39, 0.29) is 22.9 Å². The van der Waals surface area contributed by atoms with Gasteiger partial charge < -0.3 is 10.1 Å². The van der Waals surface area contributed by atoms with Crippen molar-refractivity contribution >= 4 is 50.5 Å². The summed E-state index contributed by atoms with van der Waals surface area (Å²) in [7, 11) is 3.33. The first-order valence-corrected chi connectivity index (χ1v) is 12.3. The molecule has 3 aromatic heterocycles. The quantitative estimate of drug-likeness (QED) is 0.318. The van der Waals surface area contributed by atoms with E-state index in [9.17, 15) is 14.0 Å². The number of pyridine rings is 1. The Hall–Kier alpha value is -3.14. The minimum absolute atomic E-state index is 0.151. The molecule has 3 heterocycles. The lowest BCUT2D eigenvalue weighted by molar-refractivity contribution is -0.115. The summed E-state index contributed by atoms with van der Waals surface area (Å²) in [6, 6.07) is 14.2. The van der Waals surface area contributed by atoms with E-state index >= 15 is 0 Å². The van der Waals surface area contributed by atoms with Gasteiger partial charge >= 0.3 is 5.97 Å². The van der Waals surface area contributed by atoms with Crippen LogP contribution in [0.4, 0.5) is 10.1 Å². The molecule has 0 fully saturated rings. The Morgan fingerprint density at radius 1 is 1.18 bits per heavy atom. The number of nitrogens with zero attached hydrogens (tertiary/aromatic N) is 2. The number of aromatic nitrogens is 1. The molecule has 6 nitrogen and oxygen atoms in total. The minimum Gasteiger partial charge on any atom is -0.465 e. The number of esters is 1. The van der Waals surface area contributed by atoms with E-state index in [1.54, 1.807) is 29.5 Å². The van der Waals surface area contributed by atoms with Gasteiger partial charge in [0.2, 0.25) is 5.91 Å². The van der Waals surface area contributed by atoms with Gasteiger partial charge in [0.25, 0.3) is 0 Å². The second kappa shape index (κ2) is 10.4. The van der Waals surface area contributed by atoms with Gasteiger partial charge in [0.1, 0.15) is 15.5 Å². The molecule has 34 heavy (non-hydrogen) atoms. The minimum atomic E-state index is -0.561. The van der Waals surface area contributed by atoms with Gasteiger partial charge in [-0.2, -0.15) is 0 Å². The predicted octanol–water partition coefficient (Wildman–Crippen LogP) is 5.66. The lowest BCUT2D eigenvalue weighted by Gasteiger charge is -2.23. The molecule has 1 aromatic carbocycles. The molecule has 1 atom stereocenters. The molecule has 4 rings (SSSR count). The number of methoxy groups -OCH3 is 1. The molecule has 0 radical (unpaired) electrons. The lowest BCUT2D eigenvalue weighted by atomic mass is 10.1. The first-order chi connectivity index (χ1) is 16.4. The maximum Gasteiger partial charge on any atom is 0.350 e. The summed E-state index contributed by atoms with van der Waals surface area (Å²) in [5, 5.41) is 5.48. The maximum absolute atomic E-state index is 14.0. The predicted molar refractivity (Wildman–Crippen MR) is 134 cm³/mol. The Balaban J connectivity index is 1.59. The van der Waals surface area contributed by atoms with E-state index in [0.717, 1.165) is 17.0 Å². The molecule has 0 aliphatic carbocycles. The van der Waals surface area contributed by atoms with Gasteiger partial charge in [0.05, 0.1) is 24.9 Å².